The lowest BCUT2D eigenvalue weighted by molar-refractivity contribution is -0.119. The summed E-state index contributed by atoms with van der Waals surface area (Å²) in [5.74, 6) is -3.67. The van der Waals surface area contributed by atoms with Crippen LogP contribution in [0.4, 0.5) is 25.1 Å². The summed E-state index contributed by atoms with van der Waals surface area (Å²) in [5.41, 5.74) is -1.09. The highest BCUT2D eigenvalue weighted by molar-refractivity contribution is 7.48. The summed E-state index contributed by atoms with van der Waals surface area (Å²) >= 11 is 0. The molecule has 1 aliphatic carbocycles. The van der Waals surface area contributed by atoms with E-state index in [1.165, 1.54) is 30.2 Å². The molecule has 8 rings (SSSR count). The molecule has 1 saturated carbocycles. The second-order valence-electron chi connectivity index (χ2n) is 15.7. The van der Waals surface area contributed by atoms with Crippen LogP contribution in [0.2, 0.25) is 0 Å². The molecule has 2 aliphatic heterocycles. The first-order valence-electron chi connectivity index (χ1n) is 20.3. The molecule has 0 spiro atoms. The number of piperidine rings is 1. The first-order valence-corrected chi connectivity index (χ1v) is 21.8. The number of aromatic nitrogens is 2. The zero-order valence-electron chi connectivity index (χ0n) is 34.1. The van der Waals surface area contributed by atoms with Crippen LogP contribution in [-0.4, -0.2) is 77.1 Å². The zero-order chi connectivity index (χ0) is 44.3. The first-order chi connectivity index (χ1) is 30.3. The summed E-state index contributed by atoms with van der Waals surface area (Å²) in [7, 11) is -4.48. The summed E-state index contributed by atoms with van der Waals surface area (Å²) in [6.07, 6.45) is 1.41. The number of fused-ring (bicyclic) bond motifs is 1. The first kappa shape index (κ1) is 43.4. The minimum absolute atomic E-state index is 0.0158. The lowest BCUT2D eigenvalue weighted by Crippen LogP contribution is -2.50. The number of cyclic esters (lactones) is 1. The predicted molar refractivity (Wildman–Crippen MR) is 225 cm³/mol. The highest BCUT2D eigenvalue weighted by Crippen LogP contribution is 2.56. The number of rotatable bonds is 17. The third-order valence-electron chi connectivity index (χ3n) is 11.0. The van der Waals surface area contributed by atoms with Crippen molar-refractivity contribution in [2.75, 3.05) is 42.6 Å². The molecule has 330 valence electrons. The summed E-state index contributed by atoms with van der Waals surface area (Å²) in [4.78, 5) is 56.5. The smallest absolute Gasteiger partial charge is 0.476 e. The molecular formula is C44H44F2N5O11P. The Labute approximate surface area is 359 Å². The van der Waals surface area contributed by atoms with Gasteiger partial charge < -0.3 is 29.4 Å². The van der Waals surface area contributed by atoms with Crippen molar-refractivity contribution in [3.63, 3.8) is 0 Å². The third-order valence-corrected chi connectivity index (χ3v) is 12.5. The fourth-order valence-corrected chi connectivity index (χ4v) is 9.00. The number of carbonyl (C=O) groups excluding carboxylic acids is 2. The van der Waals surface area contributed by atoms with Gasteiger partial charge in [-0.05, 0) is 55.0 Å². The Balaban J connectivity index is 1.07. The van der Waals surface area contributed by atoms with Crippen molar-refractivity contribution in [3.05, 3.63) is 130 Å². The average molecular weight is 888 g/mol. The number of hydrogen-bond donors (Lipinski definition) is 2. The third kappa shape index (κ3) is 10.0. The number of carbonyl (C=O) groups is 3. The van der Waals surface area contributed by atoms with Gasteiger partial charge in [0.25, 0.3) is 0 Å². The van der Waals surface area contributed by atoms with Gasteiger partial charge >= 0.3 is 19.9 Å². The molecule has 2 N–H and O–H groups in total. The topological polar surface area (TPSA) is 188 Å². The van der Waals surface area contributed by atoms with Gasteiger partial charge in [0.05, 0.1) is 37.4 Å². The quantitative estimate of drug-likeness (QED) is 0.0898. The highest BCUT2D eigenvalue weighted by atomic mass is 31.2. The molecule has 16 nitrogen and oxygen atoms in total. The Hall–Kier alpha value is -6.20. The fraction of sp³-hybridized carbons (Fsp3) is 0.341. The molecule has 3 aliphatic rings. The molecule has 0 radical (unpaired) electrons. The van der Waals surface area contributed by atoms with E-state index in [2.05, 4.69) is 10.3 Å². The molecule has 0 unspecified atom stereocenters. The standard InChI is InChI=1S/C44H44F2N5O11P/c1-28(52)47-22-33-23-51(43(56)61-33)32-14-15-38(36(45)20-32)58-27-44(62-63(57,59-25-29-8-4-2-5-9-29)60-26-30-10-6-3-7-11-30)16-18-49(19-17-44)41-37(46)21-34-39(53)35(42(54)55)24-50(31-12-13-31)40(34)48-41/h2-11,14-15,20-21,24,31,33H,12-13,16-19,22-23,25-27H2,1H3,(H,47,52)(H,54,55)/t33-/m0/s1. The molecule has 3 fully saturated rings. The minimum atomic E-state index is -4.48. The Morgan fingerprint density at radius 1 is 0.937 bits per heavy atom. The molecule has 2 amide bonds. The molecule has 0 bridgehead atoms. The van der Waals surface area contributed by atoms with Crippen LogP contribution in [0.5, 0.6) is 5.75 Å². The van der Waals surface area contributed by atoms with Crippen molar-refractivity contribution in [3.8, 4) is 5.75 Å². The van der Waals surface area contributed by atoms with Gasteiger partial charge in [0.1, 0.15) is 29.5 Å². The molecular weight excluding hydrogens is 843 g/mol. The van der Waals surface area contributed by atoms with Crippen molar-refractivity contribution in [1.29, 1.82) is 0 Å². The van der Waals surface area contributed by atoms with Crippen molar-refractivity contribution in [2.24, 2.45) is 0 Å². The van der Waals surface area contributed by atoms with E-state index in [1.54, 1.807) is 58.0 Å². The van der Waals surface area contributed by atoms with Crippen LogP contribution in [-0.2, 0) is 40.9 Å². The van der Waals surface area contributed by atoms with Gasteiger partial charge in [0.15, 0.2) is 23.2 Å². The second kappa shape index (κ2) is 18.3. The minimum Gasteiger partial charge on any atom is -0.487 e. The average Bonchev–Trinajstić information content (AvgIpc) is 4.05. The Kier molecular flexibility index (Phi) is 12.6. The van der Waals surface area contributed by atoms with E-state index in [0.29, 0.717) is 11.1 Å². The number of aromatic carboxylic acids is 1. The maximum atomic E-state index is 16.0. The van der Waals surface area contributed by atoms with Crippen LogP contribution in [0.3, 0.4) is 0 Å². The molecule has 3 aromatic carbocycles. The van der Waals surface area contributed by atoms with Crippen molar-refractivity contribution in [1.82, 2.24) is 14.9 Å². The molecule has 5 aromatic rings. The molecule has 19 heteroatoms. The number of nitrogens with zero attached hydrogens (tertiary/aromatic N) is 4. The van der Waals surface area contributed by atoms with Crippen molar-refractivity contribution < 1.29 is 55.9 Å². The maximum Gasteiger partial charge on any atom is 0.476 e. The number of carboxylic acid groups (broad SMARTS) is 1. The van der Waals surface area contributed by atoms with Gasteiger partial charge in [0, 0.05) is 38.3 Å². The Morgan fingerprint density at radius 3 is 2.17 bits per heavy atom. The summed E-state index contributed by atoms with van der Waals surface area (Å²) in [6.45, 7) is 0.943. The number of halogens is 2. The van der Waals surface area contributed by atoms with Gasteiger partial charge in [0.2, 0.25) is 11.3 Å². The summed E-state index contributed by atoms with van der Waals surface area (Å²) < 4.78 is 78.0. The van der Waals surface area contributed by atoms with Gasteiger partial charge in [-0.3, -0.25) is 28.1 Å². The molecule has 4 heterocycles. The largest absolute Gasteiger partial charge is 0.487 e. The summed E-state index contributed by atoms with van der Waals surface area (Å²) in [5, 5.41) is 12.1. The molecule has 2 aromatic heterocycles. The molecule has 63 heavy (non-hydrogen) atoms. The van der Waals surface area contributed by atoms with Crippen LogP contribution >= 0.6 is 7.82 Å². The van der Waals surface area contributed by atoms with Crippen molar-refractivity contribution in [2.45, 2.75) is 63.6 Å². The van der Waals surface area contributed by atoms with E-state index in [9.17, 15) is 28.8 Å². The van der Waals surface area contributed by atoms with E-state index >= 15 is 8.78 Å². The van der Waals surface area contributed by atoms with E-state index in [4.69, 9.17) is 23.0 Å². The Morgan fingerprint density at radius 2 is 1.59 bits per heavy atom. The summed E-state index contributed by atoms with van der Waals surface area (Å²) in [6, 6.07) is 22.8. The van der Waals surface area contributed by atoms with Gasteiger partial charge in [-0.2, -0.15) is 0 Å². The zero-order valence-corrected chi connectivity index (χ0v) is 35.0. The lowest BCUT2D eigenvalue weighted by Gasteiger charge is -2.42. The Bertz CT molecular complexity index is 2580. The van der Waals surface area contributed by atoms with Gasteiger partial charge in [-0.1, -0.05) is 60.7 Å². The number of nitrogens with one attached hydrogen (secondary N) is 1. The number of hydrogen-bond acceptors (Lipinski definition) is 12. The van der Waals surface area contributed by atoms with E-state index < -0.39 is 54.2 Å². The number of phosphoric acid groups is 1. The van der Waals surface area contributed by atoms with E-state index in [1.807, 2.05) is 12.1 Å². The molecule has 2 saturated heterocycles. The number of carboxylic acids is 1. The number of pyridine rings is 2. The fourth-order valence-electron chi connectivity index (χ4n) is 7.49. The van der Waals surface area contributed by atoms with Crippen LogP contribution in [0, 0.1) is 11.6 Å². The monoisotopic (exact) mass is 887 g/mol. The lowest BCUT2D eigenvalue weighted by atomic mass is 9.92. The number of phosphoric ester groups is 1. The highest BCUT2D eigenvalue weighted by Gasteiger charge is 2.46. The van der Waals surface area contributed by atoms with Gasteiger partial charge in [-0.15, -0.1) is 0 Å². The second-order valence-corrected chi connectivity index (χ2v) is 17.3. The normalized spacial score (nSPS) is 17.4. The van der Waals surface area contributed by atoms with Crippen LogP contribution in [0.25, 0.3) is 11.0 Å². The van der Waals surface area contributed by atoms with Gasteiger partial charge in [-0.25, -0.2) is 27.9 Å². The maximum absolute atomic E-state index is 16.0. The number of amides is 2. The number of benzene rings is 3. The number of anilines is 2. The SMILES string of the molecule is CC(=O)NC[C@H]1CN(c2ccc(OCC3(OP(=O)(OCc4ccccc4)OCc4ccccc4)CCN(c4nc5c(cc4F)c(=O)c(C(=O)O)cn5C4CC4)CC3)c(F)c2)C(=O)O1. The van der Waals surface area contributed by atoms with Crippen LogP contribution in [0.15, 0.2) is 95.9 Å². The van der Waals surface area contributed by atoms with E-state index in [-0.39, 0.29) is 99.1 Å². The van der Waals surface area contributed by atoms with Crippen LogP contribution in [0.1, 0.15) is 60.1 Å². The van der Waals surface area contributed by atoms with Crippen LogP contribution < -0.4 is 25.3 Å². The van der Waals surface area contributed by atoms with E-state index in [0.717, 1.165) is 25.0 Å². The van der Waals surface area contributed by atoms with Crippen molar-refractivity contribution >= 4 is 48.3 Å². The molecule has 1 atom stereocenters. The predicted octanol–water partition coefficient (Wildman–Crippen LogP) is 7.15. The number of ether oxygens (including phenoxy) is 2.